The highest BCUT2D eigenvalue weighted by Gasteiger charge is 2.21. The van der Waals surface area contributed by atoms with Gasteiger partial charge in [-0.25, -0.2) is 9.59 Å². The summed E-state index contributed by atoms with van der Waals surface area (Å²) in [5, 5.41) is 0. The average molecular weight is 271 g/mol. The predicted octanol–water partition coefficient (Wildman–Crippen LogP) is 0.368. The van der Waals surface area contributed by atoms with Gasteiger partial charge >= 0.3 is 11.9 Å². The van der Waals surface area contributed by atoms with Crippen molar-refractivity contribution in [2.75, 3.05) is 33.4 Å². The van der Waals surface area contributed by atoms with Gasteiger partial charge < -0.3 is 14.2 Å². The van der Waals surface area contributed by atoms with Crippen LogP contribution in [0.2, 0.25) is 0 Å². The summed E-state index contributed by atoms with van der Waals surface area (Å²) in [5.41, 5.74) is 0. The first kappa shape index (κ1) is 15.7. The highest BCUT2D eigenvalue weighted by molar-refractivity contribution is 5.91. The Morgan fingerprint density at radius 2 is 1.79 bits per heavy atom. The zero-order valence-electron chi connectivity index (χ0n) is 11.6. The van der Waals surface area contributed by atoms with E-state index in [0.717, 1.165) is 25.2 Å². The van der Waals surface area contributed by atoms with E-state index >= 15 is 0 Å². The highest BCUT2D eigenvalue weighted by atomic mass is 16.5. The first-order valence-corrected chi connectivity index (χ1v) is 6.32. The SMILES string of the molecule is COC(=O)C=CC(=O)OCCN1CC(C)OC(C)C1. The molecule has 6 heteroatoms. The van der Waals surface area contributed by atoms with Gasteiger partial charge in [0.1, 0.15) is 6.61 Å². The van der Waals surface area contributed by atoms with Crippen molar-refractivity contribution in [2.24, 2.45) is 0 Å². The number of carbonyl (C=O) groups is 2. The van der Waals surface area contributed by atoms with Crippen LogP contribution in [0, 0.1) is 0 Å². The molecular formula is C13H21NO5. The molecule has 1 aliphatic heterocycles. The molecule has 1 fully saturated rings. The molecule has 0 aliphatic carbocycles. The Hall–Kier alpha value is -1.40. The van der Waals surface area contributed by atoms with Gasteiger partial charge in [0.2, 0.25) is 0 Å². The highest BCUT2D eigenvalue weighted by Crippen LogP contribution is 2.09. The van der Waals surface area contributed by atoms with Crippen LogP contribution in [-0.4, -0.2) is 62.4 Å². The zero-order chi connectivity index (χ0) is 14.3. The summed E-state index contributed by atoms with van der Waals surface area (Å²) in [7, 11) is 1.25. The van der Waals surface area contributed by atoms with Gasteiger partial charge in [-0.15, -0.1) is 0 Å². The first-order valence-electron chi connectivity index (χ1n) is 6.32. The summed E-state index contributed by atoms with van der Waals surface area (Å²) in [5.74, 6) is -1.12. The van der Waals surface area contributed by atoms with E-state index in [9.17, 15) is 9.59 Å². The number of hydrogen-bond donors (Lipinski definition) is 0. The summed E-state index contributed by atoms with van der Waals surface area (Å²) < 4.78 is 15.0. The van der Waals surface area contributed by atoms with Crippen LogP contribution < -0.4 is 0 Å². The molecule has 0 aromatic carbocycles. The quantitative estimate of drug-likeness (QED) is 0.531. The minimum absolute atomic E-state index is 0.193. The van der Waals surface area contributed by atoms with Gasteiger partial charge in [0, 0.05) is 31.8 Å². The fraction of sp³-hybridized carbons (Fsp3) is 0.692. The van der Waals surface area contributed by atoms with E-state index in [4.69, 9.17) is 9.47 Å². The van der Waals surface area contributed by atoms with Gasteiger partial charge in [-0.05, 0) is 13.8 Å². The molecule has 6 nitrogen and oxygen atoms in total. The molecule has 0 amide bonds. The Balaban J connectivity index is 2.21. The second kappa shape index (κ2) is 7.91. The third-order valence-electron chi connectivity index (χ3n) is 2.70. The summed E-state index contributed by atoms with van der Waals surface area (Å²) in [6.07, 6.45) is 2.50. The van der Waals surface area contributed by atoms with Crippen LogP contribution in [0.15, 0.2) is 12.2 Å². The smallest absolute Gasteiger partial charge is 0.331 e. The number of nitrogens with zero attached hydrogens (tertiary/aromatic N) is 1. The summed E-state index contributed by atoms with van der Waals surface area (Å²) >= 11 is 0. The standard InChI is InChI=1S/C13H21NO5/c1-10-8-14(9-11(2)19-10)6-7-18-13(16)5-4-12(15)17-3/h4-5,10-11H,6-9H2,1-3H3. The molecule has 0 N–H and O–H groups in total. The van der Waals surface area contributed by atoms with Crippen molar-refractivity contribution >= 4 is 11.9 Å². The third kappa shape index (κ3) is 6.35. The van der Waals surface area contributed by atoms with Crippen molar-refractivity contribution in [3.05, 3.63) is 12.2 Å². The molecule has 0 aromatic rings. The van der Waals surface area contributed by atoms with Crippen molar-refractivity contribution in [2.45, 2.75) is 26.1 Å². The van der Waals surface area contributed by atoms with Gasteiger partial charge in [0.05, 0.1) is 19.3 Å². The molecule has 2 unspecified atom stereocenters. The van der Waals surface area contributed by atoms with Gasteiger partial charge in [0.25, 0.3) is 0 Å². The average Bonchev–Trinajstić information content (AvgIpc) is 2.34. The number of hydrogen-bond acceptors (Lipinski definition) is 6. The van der Waals surface area contributed by atoms with Crippen molar-refractivity contribution in [3.63, 3.8) is 0 Å². The van der Waals surface area contributed by atoms with Crippen molar-refractivity contribution in [1.29, 1.82) is 0 Å². The molecule has 108 valence electrons. The lowest BCUT2D eigenvalue weighted by Gasteiger charge is -2.34. The number of rotatable bonds is 5. The van der Waals surface area contributed by atoms with Crippen molar-refractivity contribution < 1.29 is 23.8 Å². The Morgan fingerprint density at radius 1 is 1.21 bits per heavy atom. The zero-order valence-corrected chi connectivity index (χ0v) is 11.6. The molecule has 0 saturated carbocycles. The Kier molecular flexibility index (Phi) is 6.52. The molecule has 1 rings (SSSR count). The van der Waals surface area contributed by atoms with E-state index in [1.54, 1.807) is 0 Å². The van der Waals surface area contributed by atoms with Gasteiger partial charge in [-0.2, -0.15) is 0 Å². The molecule has 1 saturated heterocycles. The molecule has 0 spiro atoms. The summed E-state index contributed by atoms with van der Waals surface area (Å²) in [4.78, 5) is 24.2. The second-order valence-corrected chi connectivity index (χ2v) is 4.54. The monoisotopic (exact) mass is 271 g/mol. The fourth-order valence-corrected chi connectivity index (χ4v) is 1.99. The largest absolute Gasteiger partial charge is 0.466 e. The molecule has 0 radical (unpaired) electrons. The number of ether oxygens (including phenoxy) is 3. The number of esters is 2. The number of carbonyl (C=O) groups excluding carboxylic acids is 2. The molecule has 1 heterocycles. The lowest BCUT2D eigenvalue weighted by atomic mass is 10.2. The summed E-state index contributed by atoms with van der Waals surface area (Å²) in [6.45, 7) is 6.67. The maximum Gasteiger partial charge on any atom is 0.331 e. The molecule has 2 atom stereocenters. The van der Waals surface area contributed by atoms with E-state index in [1.807, 2.05) is 13.8 Å². The van der Waals surface area contributed by atoms with Crippen LogP contribution in [0.25, 0.3) is 0 Å². The van der Waals surface area contributed by atoms with Gasteiger partial charge in [0.15, 0.2) is 0 Å². The minimum Gasteiger partial charge on any atom is -0.466 e. The lowest BCUT2D eigenvalue weighted by molar-refractivity contribution is -0.140. The lowest BCUT2D eigenvalue weighted by Crippen LogP contribution is -2.46. The van der Waals surface area contributed by atoms with Crippen molar-refractivity contribution in [3.8, 4) is 0 Å². The van der Waals surface area contributed by atoms with Crippen LogP contribution in [0.1, 0.15) is 13.8 Å². The Labute approximate surface area is 113 Å². The summed E-state index contributed by atoms with van der Waals surface area (Å²) in [6, 6.07) is 0. The van der Waals surface area contributed by atoms with Gasteiger partial charge in [-0.1, -0.05) is 0 Å². The second-order valence-electron chi connectivity index (χ2n) is 4.54. The van der Waals surface area contributed by atoms with E-state index in [-0.39, 0.29) is 12.2 Å². The molecular weight excluding hydrogens is 250 g/mol. The van der Waals surface area contributed by atoms with Crippen LogP contribution in [-0.2, 0) is 23.8 Å². The predicted molar refractivity (Wildman–Crippen MR) is 68.6 cm³/mol. The number of morpholine rings is 1. The Morgan fingerprint density at radius 3 is 2.37 bits per heavy atom. The maximum absolute atomic E-state index is 11.3. The Bertz CT molecular complexity index is 332. The van der Waals surface area contributed by atoms with Crippen LogP contribution in [0.3, 0.4) is 0 Å². The molecule has 0 aromatic heterocycles. The topological polar surface area (TPSA) is 65.1 Å². The normalized spacial score (nSPS) is 24.4. The van der Waals surface area contributed by atoms with Crippen LogP contribution in [0.4, 0.5) is 0 Å². The van der Waals surface area contributed by atoms with Crippen molar-refractivity contribution in [1.82, 2.24) is 4.90 Å². The van der Waals surface area contributed by atoms with Crippen LogP contribution in [0.5, 0.6) is 0 Å². The van der Waals surface area contributed by atoms with E-state index in [1.165, 1.54) is 7.11 Å². The molecule has 0 bridgehead atoms. The maximum atomic E-state index is 11.3. The molecule has 1 aliphatic rings. The van der Waals surface area contributed by atoms with Crippen LogP contribution >= 0.6 is 0 Å². The fourth-order valence-electron chi connectivity index (χ4n) is 1.99. The van der Waals surface area contributed by atoms with E-state index in [0.29, 0.717) is 13.2 Å². The van der Waals surface area contributed by atoms with Gasteiger partial charge in [-0.3, -0.25) is 4.90 Å². The number of methoxy groups -OCH3 is 1. The first-order chi connectivity index (χ1) is 9.01. The van der Waals surface area contributed by atoms with E-state index in [2.05, 4.69) is 9.64 Å². The van der Waals surface area contributed by atoms with E-state index < -0.39 is 11.9 Å². The molecule has 19 heavy (non-hydrogen) atoms. The third-order valence-corrected chi connectivity index (χ3v) is 2.70. The minimum atomic E-state index is -0.576.